The molecule has 25 heavy (non-hydrogen) atoms. The molecule has 1 N–H and O–H groups in total. The summed E-state index contributed by atoms with van der Waals surface area (Å²) < 4.78 is 0. The molecule has 1 aliphatic heterocycles. The quantitative estimate of drug-likeness (QED) is 0.844. The van der Waals surface area contributed by atoms with Gasteiger partial charge in [-0.05, 0) is 36.6 Å². The number of amides is 1. The summed E-state index contributed by atoms with van der Waals surface area (Å²) in [5.41, 5.74) is 1.27. The predicted octanol–water partition coefficient (Wildman–Crippen LogP) is 1.89. The number of nitrogens with zero attached hydrogens (tertiary/aromatic N) is 2. The molecule has 2 aliphatic rings. The van der Waals surface area contributed by atoms with Gasteiger partial charge in [0, 0.05) is 37.4 Å². The average Bonchev–Trinajstić information content (AvgIpc) is 3.17. The first-order chi connectivity index (χ1) is 11.7. The predicted molar refractivity (Wildman–Crippen MR) is 93.6 cm³/mol. The van der Waals surface area contributed by atoms with Gasteiger partial charge in [0.2, 0.25) is 5.91 Å². The average molecular weight is 344 g/mol. The molecule has 3 rings (SSSR count). The van der Waals surface area contributed by atoms with Crippen molar-refractivity contribution in [3.05, 3.63) is 29.8 Å². The van der Waals surface area contributed by atoms with Crippen molar-refractivity contribution < 1.29 is 19.5 Å². The van der Waals surface area contributed by atoms with E-state index >= 15 is 0 Å². The van der Waals surface area contributed by atoms with E-state index in [0.29, 0.717) is 31.7 Å². The molecule has 1 heterocycles. The summed E-state index contributed by atoms with van der Waals surface area (Å²) in [4.78, 5) is 39.3. The molecule has 0 unspecified atom stereocenters. The summed E-state index contributed by atoms with van der Waals surface area (Å²) in [6.07, 6.45) is 0. The Bertz CT molecular complexity index is 703. The normalized spacial score (nSPS) is 24.8. The summed E-state index contributed by atoms with van der Waals surface area (Å²) >= 11 is 0. The fraction of sp³-hybridized carbons (Fsp3) is 0.526. The Morgan fingerprint density at radius 2 is 1.56 bits per heavy atom. The number of rotatable bonds is 4. The molecule has 0 spiro atoms. The molecule has 6 nitrogen and oxygen atoms in total. The van der Waals surface area contributed by atoms with Crippen LogP contribution in [-0.2, 0) is 9.59 Å². The zero-order chi connectivity index (χ0) is 18.4. The van der Waals surface area contributed by atoms with E-state index < -0.39 is 23.2 Å². The topological polar surface area (TPSA) is 77.9 Å². The molecular formula is C19H24N2O4. The number of piperazine rings is 1. The third-order valence-corrected chi connectivity index (χ3v) is 5.59. The van der Waals surface area contributed by atoms with E-state index in [4.69, 9.17) is 0 Å². The van der Waals surface area contributed by atoms with Gasteiger partial charge in [-0.1, -0.05) is 13.8 Å². The van der Waals surface area contributed by atoms with E-state index in [-0.39, 0.29) is 11.7 Å². The summed E-state index contributed by atoms with van der Waals surface area (Å²) in [7, 11) is 0. The fourth-order valence-electron chi connectivity index (χ4n) is 3.85. The largest absolute Gasteiger partial charge is 0.481 e. The highest BCUT2D eigenvalue weighted by molar-refractivity contribution is 5.94. The maximum absolute atomic E-state index is 12.7. The molecule has 0 bridgehead atoms. The van der Waals surface area contributed by atoms with Crippen LogP contribution >= 0.6 is 0 Å². The molecule has 134 valence electrons. The van der Waals surface area contributed by atoms with Gasteiger partial charge in [-0.3, -0.25) is 14.4 Å². The van der Waals surface area contributed by atoms with Crippen LogP contribution in [0.25, 0.3) is 0 Å². The molecule has 1 saturated heterocycles. The van der Waals surface area contributed by atoms with Gasteiger partial charge >= 0.3 is 5.97 Å². The maximum Gasteiger partial charge on any atom is 0.307 e. The Kier molecular flexibility index (Phi) is 4.31. The van der Waals surface area contributed by atoms with E-state index in [0.717, 1.165) is 5.69 Å². The van der Waals surface area contributed by atoms with Gasteiger partial charge in [-0.2, -0.15) is 0 Å². The number of carbonyl (C=O) groups is 3. The van der Waals surface area contributed by atoms with Crippen molar-refractivity contribution in [2.45, 2.75) is 20.8 Å². The Balaban J connectivity index is 1.60. The summed E-state index contributed by atoms with van der Waals surface area (Å²) in [5, 5.41) is 9.26. The van der Waals surface area contributed by atoms with Gasteiger partial charge in [-0.15, -0.1) is 0 Å². The molecule has 1 aromatic carbocycles. The molecule has 6 heteroatoms. The Labute approximate surface area is 147 Å². The molecule has 1 saturated carbocycles. The number of hydrogen-bond acceptors (Lipinski definition) is 4. The minimum atomic E-state index is -0.882. The van der Waals surface area contributed by atoms with Gasteiger partial charge < -0.3 is 14.9 Å². The maximum atomic E-state index is 12.7. The van der Waals surface area contributed by atoms with Crippen LogP contribution in [0.4, 0.5) is 5.69 Å². The first-order valence-corrected chi connectivity index (χ1v) is 8.61. The van der Waals surface area contributed by atoms with Gasteiger partial charge in [-0.25, -0.2) is 0 Å². The first-order valence-electron chi connectivity index (χ1n) is 8.61. The number of carboxylic acids is 1. The standard InChI is InChI=1S/C19H24N2O4/c1-12(22)13-4-6-14(7-5-13)20-8-10-21(11-9-20)17(23)15-16(18(24)25)19(15,2)3/h4-7,15-16H,8-11H2,1-3H3,(H,24,25)/t15-,16+/m0/s1. The summed E-state index contributed by atoms with van der Waals surface area (Å²) in [5.74, 6) is -1.86. The highest BCUT2D eigenvalue weighted by Crippen LogP contribution is 2.59. The van der Waals surface area contributed by atoms with Crippen LogP contribution in [0.2, 0.25) is 0 Å². The van der Waals surface area contributed by atoms with E-state index in [1.165, 1.54) is 0 Å². The number of aliphatic carboxylic acids is 1. The second kappa shape index (κ2) is 6.17. The molecule has 0 aromatic heterocycles. The summed E-state index contributed by atoms with van der Waals surface area (Å²) in [6.45, 7) is 7.83. The van der Waals surface area contributed by atoms with Crippen LogP contribution in [0.1, 0.15) is 31.1 Å². The van der Waals surface area contributed by atoms with Crippen LogP contribution in [0.5, 0.6) is 0 Å². The molecule has 0 radical (unpaired) electrons. The third-order valence-electron chi connectivity index (χ3n) is 5.59. The smallest absolute Gasteiger partial charge is 0.307 e. The van der Waals surface area contributed by atoms with Crippen molar-refractivity contribution in [2.75, 3.05) is 31.1 Å². The number of hydrogen-bond donors (Lipinski definition) is 1. The lowest BCUT2D eigenvalue weighted by molar-refractivity contribution is -0.142. The van der Waals surface area contributed by atoms with Crippen molar-refractivity contribution in [1.29, 1.82) is 0 Å². The minimum absolute atomic E-state index is 0.0380. The lowest BCUT2D eigenvalue weighted by atomic mass is 10.1. The van der Waals surface area contributed by atoms with Gasteiger partial charge in [0.05, 0.1) is 11.8 Å². The van der Waals surface area contributed by atoms with E-state index in [2.05, 4.69) is 4.90 Å². The van der Waals surface area contributed by atoms with Gasteiger partial charge in [0.15, 0.2) is 5.78 Å². The van der Waals surface area contributed by atoms with Gasteiger partial charge in [0.1, 0.15) is 0 Å². The minimum Gasteiger partial charge on any atom is -0.481 e. The van der Waals surface area contributed by atoms with Crippen LogP contribution in [-0.4, -0.2) is 53.8 Å². The van der Waals surface area contributed by atoms with Crippen molar-refractivity contribution in [3.63, 3.8) is 0 Å². The Morgan fingerprint density at radius 1 is 1.00 bits per heavy atom. The zero-order valence-corrected chi connectivity index (χ0v) is 14.9. The first kappa shape index (κ1) is 17.5. The highest BCUT2D eigenvalue weighted by atomic mass is 16.4. The third kappa shape index (κ3) is 3.13. The zero-order valence-electron chi connectivity index (χ0n) is 14.9. The molecule has 1 amide bonds. The number of anilines is 1. The molecule has 1 aromatic rings. The lowest BCUT2D eigenvalue weighted by Gasteiger charge is -2.36. The van der Waals surface area contributed by atoms with E-state index in [1.54, 1.807) is 11.8 Å². The number of Topliss-reactive ketones (excluding diaryl/α,β-unsaturated/α-hetero) is 1. The molecule has 2 atom stereocenters. The van der Waals surface area contributed by atoms with E-state index in [1.807, 2.05) is 38.1 Å². The van der Waals surface area contributed by atoms with Crippen molar-refractivity contribution >= 4 is 23.3 Å². The van der Waals surface area contributed by atoms with Crippen LogP contribution in [0.15, 0.2) is 24.3 Å². The second-order valence-electron chi connectivity index (χ2n) is 7.53. The van der Waals surface area contributed by atoms with Crippen LogP contribution in [0.3, 0.4) is 0 Å². The summed E-state index contributed by atoms with van der Waals surface area (Å²) in [6, 6.07) is 7.50. The molecule has 1 aliphatic carbocycles. The van der Waals surface area contributed by atoms with Crippen LogP contribution in [0, 0.1) is 17.3 Å². The van der Waals surface area contributed by atoms with Crippen LogP contribution < -0.4 is 4.90 Å². The second-order valence-corrected chi connectivity index (χ2v) is 7.53. The SMILES string of the molecule is CC(=O)c1ccc(N2CCN(C(=O)[C@@H]3[C@H](C(=O)O)C3(C)C)CC2)cc1. The van der Waals surface area contributed by atoms with Crippen molar-refractivity contribution in [1.82, 2.24) is 4.90 Å². The van der Waals surface area contributed by atoms with Crippen molar-refractivity contribution in [2.24, 2.45) is 17.3 Å². The lowest BCUT2D eigenvalue weighted by Crippen LogP contribution is -2.49. The highest BCUT2D eigenvalue weighted by Gasteiger charge is 2.66. The number of carboxylic acid groups (broad SMARTS) is 1. The number of ketones is 1. The monoisotopic (exact) mass is 344 g/mol. The fourth-order valence-corrected chi connectivity index (χ4v) is 3.85. The molecule has 2 fully saturated rings. The van der Waals surface area contributed by atoms with Crippen molar-refractivity contribution in [3.8, 4) is 0 Å². The Hall–Kier alpha value is -2.37. The van der Waals surface area contributed by atoms with E-state index in [9.17, 15) is 19.5 Å². The number of benzene rings is 1. The Morgan fingerprint density at radius 3 is 2.00 bits per heavy atom. The van der Waals surface area contributed by atoms with Gasteiger partial charge in [0.25, 0.3) is 0 Å². The number of carbonyl (C=O) groups excluding carboxylic acids is 2. The molecular weight excluding hydrogens is 320 g/mol.